The predicted octanol–water partition coefficient (Wildman–Crippen LogP) is 0.858. The minimum atomic E-state index is -3.99. The van der Waals surface area contributed by atoms with Crippen LogP contribution in [0.5, 0.6) is 5.75 Å². The highest BCUT2D eigenvalue weighted by Crippen LogP contribution is 2.36. The number of halogens is 2. The van der Waals surface area contributed by atoms with Gasteiger partial charge >= 0.3 is 5.97 Å². The number of carbonyl (C=O) groups is 3. The van der Waals surface area contributed by atoms with Crippen LogP contribution in [0.3, 0.4) is 0 Å². The van der Waals surface area contributed by atoms with Crippen molar-refractivity contribution in [1.82, 2.24) is 14.9 Å². The monoisotopic (exact) mass is 615 g/mol. The standard InChI is InChI=1S/C23H35Cl2N3O10S/c1-4-20(29)26-5-7-34-9-11-36-15-21(30)27-6-8-35-10-12-37-16-22(31)38-23-18(25)13-17(24)14-19(23)39(32,33)28(2)3/h13-14H,4-12,15-16H2,1-3H3,(H,26,29)(H,27,30). The molecule has 0 fully saturated rings. The molecule has 0 bridgehead atoms. The van der Waals surface area contributed by atoms with Crippen LogP contribution in [-0.2, 0) is 43.4 Å². The van der Waals surface area contributed by atoms with E-state index in [1.165, 1.54) is 20.2 Å². The molecule has 0 heterocycles. The molecule has 0 aliphatic carbocycles. The second-order valence-corrected chi connectivity index (χ2v) is 10.8. The molecule has 0 aliphatic rings. The lowest BCUT2D eigenvalue weighted by Gasteiger charge is -2.16. The van der Waals surface area contributed by atoms with E-state index < -0.39 is 22.6 Å². The number of ether oxygens (including phenoxy) is 5. The van der Waals surface area contributed by atoms with E-state index in [0.29, 0.717) is 26.2 Å². The number of nitrogens with zero attached hydrogens (tertiary/aromatic N) is 1. The summed E-state index contributed by atoms with van der Waals surface area (Å²) in [4.78, 5) is 34.6. The Balaban J connectivity index is 2.15. The molecule has 0 saturated heterocycles. The Labute approximate surface area is 238 Å². The van der Waals surface area contributed by atoms with Crippen LogP contribution in [0.2, 0.25) is 10.0 Å². The summed E-state index contributed by atoms with van der Waals surface area (Å²) in [5, 5.41) is 5.21. The van der Waals surface area contributed by atoms with Gasteiger partial charge < -0.3 is 34.3 Å². The van der Waals surface area contributed by atoms with Crippen molar-refractivity contribution in [2.45, 2.75) is 18.2 Å². The molecule has 0 atom stereocenters. The van der Waals surface area contributed by atoms with Gasteiger partial charge in [0.1, 0.15) is 18.1 Å². The number of rotatable bonds is 20. The number of sulfonamides is 1. The Bertz CT molecular complexity index is 1040. The van der Waals surface area contributed by atoms with Crippen LogP contribution < -0.4 is 15.4 Å². The molecule has 0 aromatic heterocycles. The number of hydrogen-bond donors (Lipinski definition) is 2. The smallest absolute Gasteiger partial charge is 0.337 e. The molecule has 0 aliphatic heterocycles. The fourth-order valence-corrected chi connectivity index (χ4v) is 4.34. The number of nitrogens with one attached hydrogen (secondary N) is 2. The Morgan fingerprint density at radius 3 is 1.92 bits per heavy atom. The molecule has 0 saturated carbocycles. The fraction of sp³-hybridized carbons (Fsp3) is 0.609. The van der Waals surface area contributed by atoms with Crippen LogP contribution >= 0.6 is 23.2 Å². The zero-order valence-electron chi connectivity index (χ0n) is 22.1. The first-order chi connectivity index (χ1) is 18.5. The van der Waals surface area contributed by atoms with Crippen molar-refractivity contribution < 1.29 is 46.5 Å². The maximum atomic E-state index is 12.5. The molecule has 1 aromatic rings. The van der Waals surface area contributed by atoms with Gasteiger partial charge in [0.25, 0.3) is 0 Å². The van der Waals surface area contributed by atoms with Crippen molar-refractivity contribution in [1.29, 1.82) is 0 Å². The zero-order valence-corrected chi connectivity index (χ0v) is 24.5. The third kappa shape index (κ3) is 14.2. The lowest BCUT2D eigenvalue weighted by molar-refractivity contribution is -0.140. The summed E-state index contributed by atoms with van der Waals surface area (Å²) in [6.45, 7) is 3.12. The van der Waals surface area contributed by atoms with Crippen LogP contribution in [0.4, 0.5) is 0 Å². The molecule has 0 unspecified atom stereocenters. The summed E-state index contributed by atoms with van der Waals surface area (Å²) in [5.41, 5.74) is 0. The zero-order chi connectivity index (χ0) is 29.3. The summed E-state index contributed by atoms with van der Waals surface area (Å²) in [6, 6.07) is 2.40. The van der Waals surface area contributed by atoms with Crippen molar-refractivity contribution in [2.75, 3.05) is 80.0 Å². The summed E-state index contributed by atoms with van der Waals surface area (Å²) >= 11 is 12.0. The average molecular weight is 617 g/mol. The van der Waals surface area contributed by atoms with E-state index in [0.717, 1.165) is 10.4 Å². The Hall–Kier alpha value is -2.04. The minimum Gasteiger partial charge on any atom is -0.422 e. The molecule has 0 radical (unpaired) electrons. The Kier molecular flexibility index (Phi) is 17.1. The molecule has 13 nitrogen and oxygen atoms in total. The number of amides is 2. The third-order valence-corrected chi connectivity index (χ3v) is 6.92. The number of esters is 1. The van der Waals surface area contributed by atoms with E-state index in [4.69, 9.17) is 46.9 Å². The maximum absolute atomic E-state index is 12.5. The SMILES string of the molecule is CCC(=O)NCCOCCOCC(=O)NCCOCCOCC(=O)Oc1c(Cl)cc(Cl)cc1S(=O)(=O)N(C)C. The van der Waals surface area contributed by atoms with E-state index >= 15 is 0 Å². The molecule has 2 amide bonds. The molecule has 1 rings (SSSR count). The Morgan fingerprint density at radius 1 is 0.821 bits per heavy atom. The van der Waals surface area contributed by atoms with Crippen molar-refractivity contribution in [3.05, 3.63) is 22.2 Å². The Morgan fingerprint density at radius 2 is 1.36 bits per heavy atom. The summed E-state index contributed by atoms with van der Waals surface area (Å²) < 4.78 is 52.1. The molecule has 39 heavy (non-hydrogen) atoms. The van der Waals surface area contributed by atoms with Crippen molar-refractivity contribution in [3.63, 3.8) is 0 Å². The van der Waals surface area contributed by atoms with Crippen LogP contribution in [0.15, 0.2) is 17.0 Å². The van der Waals surface area contributed by atoms with E-state index in [1.807, 2.05) is 0 Å². The van der Waals surface area contributed by atoms with Gasteiger partial charge in [-0.2, -0.15) is 0 Å². The van der Waals surface area contributed by atoms with Gasteiger partial charge in [-0.25, -0.2) is 17.5 Å². The second kappa shape index (κ2) is 19.1. The number of hydrogen-bond acceptors (Lipinski definition) is 10. The van der Waals surface area contributed by atoms with Crippen LogP contribution in [0.25, 0.3) is 0 Å². The molecule has 0 spiro atoms. The molecule has 16 heteroatoms. The normalized spacial score (nSPS) is 11.4. The largest absolute Gasteiger partial charge is 0.422 e. The van der Waals surface area contributed by atoms with E-state index in [-0.39, 0.29) is 72.1 Å². The first kappa shape index (κ1) is 35.0. The van der Waals surface area contributed by atoms with Crippen molar-refractivity contribution in [3.8, 4) is 5.75 Å². The molecular weight excluding hydrogens is 581 g/mol. The fourth-order valence-electron chi connectivity index (χ4n) is 2.63. The van der Waals surface area contributed by atoms with E-state index in [1.54, 1.807) is 6.92 Å². The minimum absolute atomic E-state index is 0.0424. The highest BCUT2D eigenvalue weighted by molar-refractivity contribution is 7.89. The topological polar surface area (TPSA) is 159 Å². The first-order valence-electron chi connectivity index (χ1n) is 12.0. The van der Waals surface area contributed by atoms with Crippen LogP contribution in [0, 0.1) is 0 Å². The van der Waals surface area contributed by atoms with E-state index in [2.05, 4.69) is 10.6 Å². The highest BCUT2D eigenvalue weighted by Gasteiger charge is 2.27. The quantitative estimate of drug-likeness (QED) is 0.122. The van der Waals surface area contributed by atoms with Crippen LogP contribution in [-0.4, -0.2) is 111 Å². The van der Waals surface area contributed by atoms with Crippen LogP contribution in [0.1, 0.15) is 13.3 Å². The van der Waals surface area contributed by atoms with E-state index in [9.17, 15) is 22.8 Å². The molecule has 1 aromatic carbocycles. The van der Waals surface area contributed by atoms with Gasteiger partial charge in [-0.15, -0.1) is 0 Å². The van der Waals surface area contributed by atoms with Gasteiger partial charge in [0.05, 0.1) is 44.7 Å². The molecular formula is C23H35Cl2N3O10S. The third-order valence-electron chi connectivity index (χ3n) is 4.60. The van der Waals surface area contributed by atoms with Gasteiger partial charge in [-0.05, 0) is 12.1 Å². The lowest BCUT2D eigenvalue weighted by Crippen LogP contribution is -2.31. The maximum Gasteiger partial charge on any atom is 0.337 e. The summed E-state index contributed by atoms with van der Waals surface area (Å²) in [7, 11) is -1.35. The van der Waals surface area contributed by atoms with Gasteiger partial charge in [-0.3, -0.25) is 9.59 Å². The number of carbonyl (C=O) groups excluding carboxylic acids is 3. The summed E-state index contributed by atoms with van der Waals surface area (Å²) in [6.07, 6.45) is 0.422. The second-order valence-electron chi connectivity index (χ2n) is 7.86. The summed E-state index contributed by atoms with van der Waals surface area (Å²) in [5.74, 6) is -1.57. The van der Waals surface area contributed by atoms with Gasteiger partial charge in [0.15, 0.2) is 5.75 Å². The van der Waals surface area contributed by atoms with Gasteiger partial charge in [0.2, 0.25) is 21.8 Å². The highest BCUT2D eigenvalue weighted by atomic mass is 35.5. The first-order valence-corrected chi connectivity index (χ1v) is 14.1. The van der Waals surface area contributed by atoms with Gasteiger partial charge in [-0.1, -0.05) is 30.1 Å². The van der Waals surface area contributed by atoms with Crippen molar-refractivity contribution in [2.24, 2.45) is 0 Å². The lowest BCUT2D eigenvalue weighted by atomic mass is 10.3. The number of benzene rings is 1. The van der Waals surface area contributed by atoms with Crippen molar-refractivity contribution >= 4 is 51.0 Å². The molecule has 222 valence electrons. The predicted molar refractivity (Wildman–Crippen MR) is 143 cm³/mol. The average Bonchev–Trinajstić information content (AvgIpc) is 2.88. The van der Waals surface area contributed by atoms with Gasteiger partial charge in [0, 0.05) is 38.6 Å². The molecule has 2 N–H and O–H groups in total.